The van der Waals surface area contributed by atoms with Gasteiger partial charge in [-0.3, -0.25) is 4.68 Å². The molecule has 1 aromatic rings. The number of alkyl halides is 1. The first-order chi connectivity index (χ1) is 6.45. The van der Waals surface area contributed by atoms with Gasteiger partial charge in [0.25, 0.3) is 0 Å². The van der Waals surface area contributed by atoms with Crippen LogP contribution in [0.4, 0.5) is 4.39 Å². The van der Waals surface area contributed by atoms with Gasteiger partial charge in [0.05, 0.1) is 16.4 Å². The molecule has 14 heavy (non-hydrogen) atoms. The second-order valence-electron chi connectivity index (χ2n) is 3.12. The molecular formula is C8H10BrFN2O2. The molecule has 0 fully saturated rings. The smallest absolute Gasteiger partial charge is 0.344 e. The van der Waals surface area contributed by atoms with Crippen molar-refractivity contribution in [3.63, 3.8) is 0 Å². The molecule has 0 bridgehead atoms. The number of nitrogens with zero attached hydrogens (tertiary/aromatic N) is 2. The number of hydrogen-bond donors (Lipinski definition) is 1. The number of hydrogen-bond acceptors (Lipinski definition) is 2. The van der Waals surface area contributed by atoms with E-state index >= 15 is 0 Å². The van der Waals surface area contributed by atoms with Crippen molar-refractivity contribution in [2.24, 2.45) is 0 Å². The Morgan fingerprint density at radius 2 is 2.29 bits per heavy atom. The fourth-order valence-corrected chi connectivity index (χ4v) is 1.59. The lowest BCUT2D eigenvalue weighted by atomic mass is 10.2. The van der Waals surface area contributed by atoms with Crippen molar-refractivity contribution in [1.82, 2.24) is 9.78 Å². The van der Waals surface area contributed by atoms with Crippen LogP contribution in [-0.4, -0.2) is 20.9 Å². The number of carbonyl (C=O) groups is 1. The second kappa shape index (κ2) is 4.08. The van der Waals surface area contributed by atoms with Crippen molar-refractivity contribution in [3.8, 4) is 0 Å². The summed E-state index contributed by atoms with van der Waals surface area (Å²) in [6, 6.07) is -0.0751. The third-order valence-corrected chi connectivity index (χ3v) is 2.34. The maximum absolute atomic E-state index is 13.3. The average Bonchev–Trinajstić information content (AvgIpc) is 2.45. The molecule has 4 nitrogen and oxygen atoms in total. The predicted molar refractivity (Wildman–Crippen MR) is 51.8 cm³/mol. The Morgan fingerprint density at radius 1 is 1.71 bits per heavy atom. The van der Waals surface area contributed by atoms with Crippen molar-refractivity contribution >= 4 is 21.9 Å². The zero-order valence-corrected chi connectivity index (χ0v) is 9.32. The van der Waals surface area contributed by atoms with Gasteiger partial charge in [-0.25, -0.2) is 9.18 Å². The van der Waals surface area contributed by atoms with Crippen molar-refractivity contribution in [2.75, 3.05) is 0 Å². The molecule has 0 aromatic carbocycles. The molecule has 0 saturated carbocycles. The highest BCUT2D eigenvalue weighted by atomic mass is 79.9. The third-order valence-electron chi connectivity index (χ3n) is 1.73. The van der Waals surface area contributed by atoms with E-state index in [1.54, 1.807) is 13.8 Å². The first-order valence-electron chi connectivity index (χ1n) is 4.05. The minimum Gasteiger partial charge on any atom is -0.479 e. The van der Waals surface area contributed by atoms with E-state index in [0.29, 0.717) is 4.47 Å². The van der Waals surface area contributed by atoms with Gasteiger partial charge in [-0.05, 0) is 29.8 Å². The molecule has 1 unspecified atom stereocenters. The molecule has 1 heterocycles. The van der Waals surface area contributed by atoms with Crippen molar-refractivity contribution in [3.05, 3.63) is 16.4 Å². The Labute approximate surface area is 88.9 Å². The predicted octanol–water partition coefficient (Wildman–Crippen LogP) is 2.32. The van der Waals surface area contributed by atoms with Crippen LogP contribution in [0.1, 0.15) is 31.8 Å². The molecule has 0 aliphatic carbocycles. The summed E-state index contributed by atoms with van der Waals surface area (Å²) in [5.74, 6) is -1.51. The molecule has 1 N–H and O–H groups in total. The summed E-state index contributed by atoms with van der Waals surface area (Å²) in [5.41, 5.74) is 0.0486. The molecule has 0 radical (unpaired) electrons. The molecule has 0 amide bonds. The fraction of sp³-hybridized carbons (Fsp3) is 0.500. The molecule has 1 aromatic heterocycles. The molecule has 1 rings (SSSR count). The van der Waals surface area contributed by atoms with Crippen LogP contribution >= 0.6 is 15.9 Å². The minimum atomic E-state index is -2.05. The molecule has 0 aliphatic heterocycles. The third kappa shape index (κ3) is 1.95. The molecule has 78 valence electrons. The Morgan fingerprint density at radius 3 is 2.71 bits per heavy atom. The van der Waals surface area contributed by atoms with Crippen LogP contribution in [0.25, 0.3) is 0 Å². The maximum atomic E-state index is 13.3. The standard InChI is InChI=1S/C8H10BrFN2O2/c1-4(2)12-7(5(9)3-11-12)6(10)8(13)14/h3-4,6H,1-2H3,(H,13,14). The normalized spacial score (nSPS) is 13.2. The summed E-state index contributed by atoms with van der Waals surface area (Å²) in [6.45, 7) is 3.61. The van der Waals surface area contributed by atoms with Crippen LogP contribution < -0.4 is 0 Å². The molecule has 0 saturated heterocycles. The maximum Gasteiger partial charge on any atom is 0.344 e. The van der Waals surface area contributed by atoms with Crippen LogP contribution in [0.3, 0.4) is 0 Å². The van der Waals surface area contributed by atoms with E-state index in [2.05, 4.69) is 21.0 Å². The van der Waals surface area contributed by atoms with Gasteiger partial charge in [0.1, 0.15) is 0 Å². The largest absolute Gasteiger partial charge is 0.479 e. The number of rotatable bonds is 3. The summed E-state index contributed by atoms with van der Waals surface area (Å²) in [6.07, 6.45) is -0.653. The van der Waals surface area contributed by atoms with Crippen molar-refractivity contribution < 1.29 is 14.3 Å². The van der Waals surface area contributed by atoms with Crippen molar-refractivity contribution in [1.29, 1.82) is 0 Å². The highest BCUT2D eigenvalue weighted by molar-refractivity contribution is 9.10. The van der Waals surface area contributed by atoms with Gasteiger partial charge in [0, 0.05) is 6.04 Å². The first kappa shape index (κ1) is 11.2. The highest BCUT2D eigenvalue weighted by Crippen LogP contribution is 2.28. The van der Waals surface area contributed by atoms with E-state index in [1.165, 1.54) is 10.9 Å². The van der Waals surface area contributed by atoms with Gasteiger partial charge >= 0.3 is 5.97 Å². The van der Waals surface area contributed by atoms with E-state index in [0.717, 1.165) is 0 Å². The van der Waals surface area contributed by atoms with Gasteiger partial charge in [-0.1, -0.05) is 0 Å². The van der Waals surface area contributed by atoms with Crippen LogP contribution in [0, 0.1) is 0 Å². The van der Waals surface area contributed by atoms with E-state index < -0.39 is 12.1 Å². The number of aliphatic carboxylic acids is 1. The van der Waals surface area contributed by atoms with E-state index in [9.17, 15) is 9.18 Å². The van der Waals surface area contributed by atoms with Crippen LogP contribution in [-0.2, 0) is 4.79 Å². The van der Waals surface area contributed by atoms with Crippen LogP contribution in [0.5, 0.6) is 0 Å². The van der Waals surface area contributed by atoms with E-state index in [4.69, 9.17) is 5.11 Å². The molecule has 0 aliphatic rings. The summed E-state index contributed by atoms with van der Waals surface area (Å²) in [4.78, 5) is 10.5. The number of halogens is 2. The van der Waals surface area contributed by atoms with Crippen LogP contribution in [0.15, 0.2) is 10.7 Å². The Hall–Kier alpha value is -0.910. The Bertz CT molecular complexity index is 351. The lowest BCUT2D eigenvalue weighted by Gasteiger charge is -2.12. The monoisotopic (exact) mass is 264 g/mol. The van der Waals surface area contributed by atoms with Gasteiger partial charge in [0.2, 0.25) is 6.17 Å². The minimum absolute atomic E-state index is 0.0486. The quantitative estimate of drug-likeness (QED) is 0.912. The summed E-state index contributed by atoms with van der Waals surface area (Å²) >= 11 is 3.07. The lowest BCUT2D eigenvalue weighted by Crippen LogP contribution is -2.15. The zero-order valence-electron chi connectivity index (χ0n) is 7.74. The molecular weight excluding hydrogens is 255 g/mol. The van der Waals surface area contributed by atoms with E-state index in [1.807, 2.05) is 0 Å². The van der Waals surface area contributed by atoms with Crippen LogP contribution in [0.2, 0.25) is 0 Å². The molecule has 6 heteroatoms. The SMILES string of the molecule is CC(C)n1ncc(Br)c1C(F)C(=O)O. The number of aromatic nitrogens is 2. The highest BCUT2D eigenvalue weighted by Gasteiger charge is 2.26. The number of carboxylic acid groups (broad SMARTS) is 1. The van der Waals surface area contributed by atoms with Gasteiger partial charge in [-0.15, -0.1) is 0 Å². The molecule has 0 spiro atoms. The second-order valence-corrected chi connectivity index (χ2v) is 3.97. The average molecular weight is 265 g/mol. The topological polar surface area (TPSA) is 55.1 Å². The summed E-state index contributed by atoms with van der Waals surface area (Å²) in [5, 5.41) is 12.4. The summed E-state index contributed by atoms with van der Waals surface area (Å²) in [7, 11) is 0. The Kier molecular flexibility index (Phi) is 3.25. The molecule has 1 atom stereocenters. The van der Waals surface area contributed by atoms with Gasteiger partial charge < -0.3 is 5.11 Å². The zero-order chi connectivity index (χ0) is 10.9. The summed E-state index contributed by atoms with van der Waals surface area (Å²) < 4.78 is 15.0. The Balaban J connectivity index is 3.17. The van der Waals surface area contributed by atoms with Gasteiger partial charge in [-0.2, -0.15) is 5.10 Å². The van der Waals surface area contributed by atoms with E-state index in [-0.39, 0.29) is 11.7 Å². The lowest BCUT2D eigenvalue weighted by molar-refractivity contribution is -0.143. The van der Waals surface area contributed by atoms with Crippen molar-refractivity contribution in [2.45, 2.75) is 26.1 Å². The first-order valence-corrected chi connectivity index (χ1v) is 4.84. The van der Waals surface area contributed by atoms with Gasteiger partial charge in [0.15, 0.2) is 0 Å². The number of carboxylic acids is 1. The fourth-order valence-electron chi connectivity index (χ4n) is 1.12.